The van der Waals surface area contributed by atoms with E-state index < -0.39 is 0 Å². The monoisotopic (exact) mass is 369 g/mol. The molecule has 146 valence electrons. The third-order valence-electron chi connectivity index (χ3n) is 5.33. The number of rotatable bonds is 7. The van der Waals surface area contributed by atoms with Crippen molar-refractivity contribution in [2.45, 2.75) is 45.1 Å². The summed E-state index contributed by atoms with van der Waals surface area (Å²) in [4.78, 5) is 19.2. The number of aromatic nitrogens is 3. The Kier molecular flexibility index (Phi) is 6.61. The Hall–Kier alpha value is -2.21. The zero-order valence-electron chi connectivity index (χ0n) is 16.6. The first-order chi connectivity index (χ1) is 13.0. The molecular weight excluding hydrogens is 338 g/mol. The second-order valence-electron chi connectivity index (χ2n) is 7.95. The van der Waals surface area contributed by atoms with Gasteiger partial charge in [0.1, 0.15) is 12.2 Å². The summed E-state index contributed by atoms with van der Waals surface area (Å²) in [5.41, 5.74) is 1.42. The molecular formula is C21H31N5O. The third-order valence-corrected chi connectivity index (χ3v) is 5.33. The number of piperidine rings is 1. The minimum absolute atomic E-state index is 0.0711. The van der Waals surface area contributed by atoms with Crippen LogP contribution in [0.15, 0.2) is 36.7 Å². The van der Waals surface area contributed by atoms with Crippen molar-refractivity contribution in [2.75, 3.05) is 19.6 Å². The first kappa shape index (κ1) is 19.5. The first-order valence-electron chi connectivity index (χ1n) is 9.93. The van der Waals surface area contributed by atoms with Gasteiger partial charge in [0.25, 0.3) is 0 Å². The zero-order chi connectivity index (χ0) is 19.2. The fraction of sp³-hybridized carbons (Fsp3) is 0.571. The van der Waals surface area contributed by atoms with Crippen LogP contribution in [-0.4, -0.2) is 45.2 Å². The quantitative estimate of drug-likeness (QED) is 0.815. The van der Waals surface area contributed by atoms with Gasteiger partial charge < -0.3 is 5.32 Å². The smallest absolute Gasteiger partial charge is 0.234 e. The molecule has 1 aromatic carbocycles. The van der Waals surface area contributed by atoms with Crippen LogP contribution in [0, 0.1) is 5.92 Å². The van der Waals surface area contributed by atoms with E-state index in [1.54, 1.807) is 11.0 Å². The van der Waals surface area contributed by atoms with Crippen LogP contribution < -0.4 is 5.32 Å². The molecule has 0 radical (unpaired) electrons. The van der Waals surface area contributed by atoms with E-state index in [9.17, 15) is 4.79 Å². The van der Waals surface area contributed by atoms with E-state index in [1.807, 2.05) is 7.05 Å². The maximum atomic E-state index is 12.7. The van der Waals surface area contributed by atoms with Crippen molar-refractivity contribution in [2.24, 2.45) is 13.0 Å². The van der Waals surface area contributed by atoms with Crippen LogP contribution in [0.25, 0.3) is 0 Å². The molecule has 1 fully saturated rings. The van der Waals surface area contributed by atoms with E-state index in [0.717, 1.165) is 38.2 Å². The lowest BCUT2D eigenvalue weighted by Gasteiger charge is -2.32. The van der Waals surface area contributed by atoms with Crippen LogP contribution in [0.2, 0.25) is 0 Å². The fourth-order valence-electron chi connectivity index (χ4n) is 3.91. The molecule has 27 heavy (non-hydrogen) atoms. The van der Waals surface area contributed by atoms with E-state index in [2.05, 4.69) is 64.5 Å². The van der Waals surface area contributed by atoms with E-state index in [1.165, 1.54) is 5.56 Å². The number of benzene rings is 1. The van der Waals surface area contributed by atoms with E-state index in [0.29, 0.717) is 18.4 Å². The van der Waals surface area contributed by atoms with Crippen LogP contribution in [-0.2, 0) is 11.8 Å². The summed E-state index contributed by atoms with van der Waals surface area (Å²) in [7, 11) is 1.87. The van der Waals surface area contributed by atoms with Crippen LogP contribution in [0.5, 0.6) is 0 Å². The summed E-state index contributed by atoms with van der Waals surface area (Å²) < 4.78 is 1.75. The van der Waals surface area contributed by atoms with Gasteiger partial charge in [-0.15, -0.1) is 0 Å². The van der Waals surface area contributed by atoms with Gasteiger partial charge in [-0.2, -0.15) is 5.10 Å². The van der Waals surface area contributed by atoms with Crippen molar-refractivity contribution < 1.29 is 4.79 Å². The molecule has 3 rings (SSSR count). The first-order valence-corrected chi connectivity index (χ1v) is 9.93. The summed E-state index contributed by atoms with van der Waals surface area (Å²) in [5, 5.41) is 7.33. The highest BCUT2D eigenvalue weighted by Crippen LogP contribution is 2.27. The van der Waals surface area contributed by atoms with Gasteiger partial charge in [-0.25, -0.2) is 4.98 Å². The lowest BCUT2D eigenvalue weighted by Crippen LogP contribution is -2.42. The molecule has 0 saturated carbocycles. The molecule has 1 atom stereocenters. The largest absolute Gasteiger partial charge is 0.345 e. The zero-order valence-corrected chi connectivity index (χ0v) is 16.6. The van der Waals surface area contributed by atoms with Crippen LogP contribution in [0.3, 0.4) is 0 Å². The number of carbonyl (C=O) groups excluding carboxylic acids is 1. The molecule has 1 amide bonds. The van der Waals surface area contributed by atoms with Crippen molar-refractivity contribution in [3.8, 4) is 0 Å². The Balaban J connectivity index is 1.52. The number of nitrogens with zero attached hydrogens (tertiary/aromatic N) is 4. The maximum Gasteiger partial charge on any atom is 0.234 e. The number of amides is 1. The highest BCUT2D eigenvalue weighted by atomic mass is 16.2. The molecule has 6 nitrogen and oxygen atoms in total. The van der Waals surface area contributed by atoms with E-state index in [4.69, 9.17) is 0 Å². The Labute approximate surface area is 162 Å². The fourth-order valence-corrected chi connectivity index (χ4v) is 3.91. The molecule has 1 aliphatic heterocycles. The van der Waals surface area contributed by atoms with Crippen molar-refractivity contribution in [1.29, 1.82) is 0 Å². The summed E-state index contributed by atoms with van der Waals surface area (Å²) in [6, 6.07) is 10.6. The van der Waals surface area contributed by atoms with Gasteiger partial charge in [0.2, 0.25) is 5.91 Å². The number of hydrogen-bond donors (Lipinski definition) is 1. The highest BCUT2D eigenvalue weighted by Gasteiger charge is 2.24. The van der Waals surface area contributed by atoms with Crippen molar-refractivity contribution in [3.63, 3.8) is 0 Å². The third kappa shape index (κ3) is 5.39. The average molecular weight is 370 g/mol. The average Bonchev–Trinajstić information content (AvgIpc) is 3.08. The van der Waals surface area contributed by atoms with E-state index in [-0.39, 0.29) is 11.9 Å². The standard InChI is InChI=1S/C21H31N5O/c1-16(2)13-19(21-22-15-23-25(21)3)24-20(27)14-26-11-9-18(10-12-26)17-7-5-4-6-8-17/h4-8,15-16,18-19H,9-14H2,1-3H3,(H,24,27)/t19-/m0/s1. The molecule has 0 unspecified atom stereocenters. The molecule has 6 heteroatoms. The summed E-state index contributed by atoms with van der Waals surface area (Å²) >= 11 is 0. The lowest BCUT2D eigenvalue weighted by atomic mass is 9.89. The van der Waals surface area contributed by atoms with Crippen LogP contribution in [0.4, 0.5) is 0 Å². The van der Waals surface area contributed by atoms with Gasteiger partial charge in [-0.1, -0.05) is 44.2 Å². The Morgan fingerprint density at radius 2 is 1.93 bits per heavy atom. The normalized spacial score (nSPS) is 17.2. The lowest BCUT2D eigenvalue weighted by molar-refractivity contribution is -0.123. The van der Waals surface area contributed by atoms with Gasteiger partial charge in [0.15, 0.2) is 0 Å². The van der Waals surface area contributed by atoms with Gasteiger partial charge in [-0.05, 0) is 49.8 Å². The molecule has 1 saturated heterocycles. The minimum atomic E-state index is -0.0909. The van der Waals surface area contributed by atoms with Crippen LogP contribution >= 0.6 is 0 Å². The number of aryl methyl sites for hydroxylation is 1. The topological polar surface area (TPSA) is 63.1 Å². The predicted octanol–water partition coefficient (Wildman–Crippen LogP) is 2.90. The predicted molar refractivity (Wildman–Crippen MR) is 106 cm³/mol. The number of likely N-dealkylation sites (tertiary alicyclic amines) is 1. The van der Waals surface area contributed by atoms with Crippen molar-refractivity contribution in [3.05, 3.63) is 48.0 Å². The van der Waals surface area contributed by atoms with Gasteiger partial charge in [0, 0.05) is 7.05 Å². The van der Waals surface area contributed by atoms with E-state index >= 15 is 0 Å². The van der Waals surface area contributed by atoms with Crippen molar-refractivity contribution >= 4 is 5.91 Å². The number of nitrogens with one attached hydrogen (secondary N) is 1. The van der Waals surface area contributed by atoms with Crippen LogP contribution in [0.1, 0.15) is 56.5 Å². The van der Waals surface area contributed by atoms with Crippen molar-refractivity contribution in [1.82, 2.24) is 25.0 Å². The molecule has 1 N–H and O–H groups in total. The maximum absolute atomic E-state index is 12.7. The van der Waals surface area contributed by atoms with Gasteiger partial charge in [-0.3, -0.25) is 14.4 Å². The molecule has 2 heterocycles. The second-order valence-corrected chi connectivity index (χ2v) is 7.95. The second kappa shape index (κ2) is 9.13. The molecule has 0 aliphatic carbocycles. The van der Waals surface area contributed by atoms with Gasteiger partial charge in [0.05, 0.1) is 12.6 Å². The summed E-state index contributed by atoms with van der Waals surface area (Å²) in [6.45, 7) is 6.69. The minimum Gasteiger partial charge on any atom is -0.345 e. The Morgan fingerprint density at radius 1 is 1.22 bits per heavy atom. The molecule has 1 aliphatic rings. The highest BCUT2D eigenvalue weighted by molar-refractivity contribution is 5.78. The van der Waals surface area contributed by atoms with Gasteiger partial charge >= 0.3 is 0 Å². The molecule has 1 aromatic heterocycles. The summed E-state index contributed by atoms with van der Waals surface area (Å²) in [5.74, 6) is 1.97. The number of hydrogen-bond acceptors (Lipinski definition) is 4. The SMILES string of the molecule is CC(C)C[C@H](NC(=O)CN1CCC(c2ccccc2)CC1)c1ncnn1C. The number of carbonyl (C=O) groups is 1. The summed E-state index contributed by atoms with van der Waals surface area (Å²) in [6.07, 6.45) is 4.61. The Bertz CT molecular complexity index is 719. The Morgan fingerprint density at radius 3 is 2.52 bits per heavy atom. The molecule has 0 bridgehead atoms. The molecule has 0 spiro atoms. The molecule has 2 aromatic rings.